The van der Waals surface area contributed by atoms with E-state index in [0.717, 1.165) is 39.7 Å². The fourth-order valence-electron chi connectivity index (χ4n) is 3.72. The Bertz CT molecular complexity index is 1090. The summed E-state index contributed by atoms with van der Waals surface area (Å²) in [7, 11) is 0. The molecule has 0 unspecified atom stereocenters. The second-order valence-electron chi connectivity index (χ2n) is 7.09. The van der Waals surface area contributed by atoms with E-state index in [1.54, 1.807) is 0 Å². The molecule has 3 aromatic carbocycles. The van der Waals surface area contributed by atoms with Crippen LogP contribution in [0, 0.1) is 13.8 Å². The Hall–Kier alpha value is -3.47. The zero-order chi connectivity index (χ0) is 19.1. The molecule has 0 radical (unpaired) electrons. The fourth-order valence-corrected chi connectivity index (χ4v) is 3.72. The van der Waals surface area contributed by atoms with Crippen LogP contribution in [-0.4, -0.2) is 5.16 Å². The summed E-state index contributed by atoms with van der Waals surface area (Å²) < 4.78 is 11.1. The van der Waals surface area contributed by atoms with Crippen molar-refractivity contribution >= 4 is 22.1 Å². The standard InChI is InChI=1S/C23H21N3O2/c1-14-19(15(2)28-26-14)13-27-18-11-9-17(10-12-18)23-24-20-7-3-5-16-6-4-8-21(25-23)22(16)20/h3-12,23-25H,13H2,1-2H3. The fraction of sp³-hybridized carbons (Fsp3) is 0.174. The van der Waals surface area contributed by atoms with E-state index in [0.29, 0.717) is 6.61 Å². The van der Waals surface area contributed by atoms with Gasteiger partial charge in [-0.3, -0.25) is 0 Å². The third-order valence-corrected chi connectivity index (χ3v) is 5.28. The van der Waals surface area contributed by atoms with Crippen LogP contribution in [0.2, 0.25) is 0 Å². The first kappa shape index (κ1) is 16.7. The topological polar surface area (TPSA) is 59.3 Å². The Balaban J connectivity index is 1.34. The van der Waals surface area contributed by atoms with E-state index in [1.165, 1.54) is 10.8 Å². The number of benzene rings is 3. The van der Waals surface area contributed by atoms with E-state index >= 15 is 0 Å². The van der Waals surface area contributed by atoms with Crippen LogP contribution in [0.3, 0.4) is 0 Å². The molecular formula is C23H21N3O2. The van der Waals surface area contributed by atoms with Crippen LogP contribution < -0.4 is 15.4 Å². The number of anilines is 2. The molecule has 5 rings (SSSR count). The van der Waals surface area contributed by atoms with E-state index in [-0.39, 0.29) is 6.17 Å². The molecule has 1 aliphatic heterocycles. The molecule has 0 saturated heterocycles. The van der Waals surface area contributed by atoms with Gasteiger partial charge in [0.25, 0.3) is 0 Å². The summed E-state index contributed by atoms with van der Waals surface area (Å²) in [6.07, 6.45) is 0.0112. The molecule has 28 heavy (non-hydrogen) atoms. The number of hydrogen-bond donors (Lipinski definition) is 2. The molecule has 0 aliphatic carbocycles. The van der Waals surface area contributed by atoms with Crippen LogP contribution in [0.15, 0.2) is 65.2 Å². The molecule has 1 aromatic heterocycles. The number of aryl methyl sites for hydroxylation is 2. The number of rotatable bonds is 4. The lowest BCUT2D eigenvalue weighted by molar-refractivity contribution is 0.301. The average molecular weight is 371 g/mol. The highest BCUT2D eigenvalue weighted by molar-refractivity contribution is 6.04. The summed E-state index contributed by atoms with van der Waals surface area (Å²) in [6.45, 7) is 4.29. The second kappa shape index (κ2) is 6.60. The largest absolute Gasteiger partial charge is 0.489 e. The van der Waals surface area contributed by atoms with E-state index in [9.17, 15) is 0 Å². The second-order valence-corrected chi connectivity index (χ2v) is 7.09. The Kier molecular flexibility index (Phi) is 3.93. The number of ether oxygens (including phenoxy) is 1. The molecule has 140 valence electrons. The molecule has 4 aromatic rings. The molecule has 0 saturated carbocycles. The summed E-state index contributed by atoms with van der Waals surface area (Å²) in [6, 6.07) is 20.9. The summed E-state index contributed by atoms with van der Waals surface area (Å²) in [5.41, 5.74) is 5.32. The van der Waals surface area contributed by atoms with E-state index in [1.807, 2.05) is 26.0 Å². The molecule has 2 N–H and O–H groups in total. The molecule has 0 fully saturated rings. The Labute approximate surface area is 163 Å². The first-order valence-electron chi connectivity index (χ1n) is 9.38. The third-order valence-electron chi connectivity index (χ3n) is 5.28. The van der Waals surface area contributed by atoms with E-state index in [2.05, 4.69) is 64.3 Å². The van der Waals surface area contributed by atoms with E-state index in [4.69, 9.17) is 9.26 Å². The summed E-state index contributed by atoms with van der Waals surface area (Å²) in [4.78, 5) is 0. The van der Waals surface area contributed by atoms with Gasteiger partial charge in [0, 0.05) is 16.8 Å². The van der Waals surface area contributed by atoms with Gasteiger partial charge < -0.3 is 19.9 Å². The van der Waals surface area contributed by atoms with Crippen molar-refractivity contribution in [2.75, 3.05) is 10.6 Å². The van der Waals surface area contributed by atoms with Crippen molar-refractivity contribution in [2.45, 2.75) is 26.6 Å². The Morgan fingerprint density at radius 2 is 1.61 bits per heavy atom. The van der Waals surface area contributed by atoms with Crippen LogP contribution in [0.4, 0.5) is 11.4 Å². The summed E-state index contributed by atoms with van der Waals surface area (Å²) in [5, 5.41) is 13.6. The van der Waals surface area contributed by atoms with Crippen LogP contribution in [-0.2, 0) is 6.61 Å². The maximum atomic E-state index is 5.92. The molecule has 5 heteroatoms. The van der Waals surface area contributed by atoms with Crippen molar-refractivity contribution < 1.29 is 9.26 Å². The molecule has 2 heterocycles. The zero-order valence-electron chi connectivity index (χ0n) is 15.8. The van der Waals surface area contributed by atoms with Crippen molar-refractivity contribution in [3.8, 4) is 5.75 Å². The molecular weight excluding hydrogens is 350 g/mol. The van der Waals surface area contributed by atoms with Crippen molar-refractivity contribution in [3.63, 3.8) is 0 Å². The normalized spacial score (nSPS) is 13.2. The predicted molar refractivity (Wildman–Crippen MR) is 111 cm³/mol. The Morgan fingerprint density at radius 3 is 2.21 bits per heavy atom. The lowest BCUT2D eigenvalue weighted by atomic mass is 10.0. The molecule has 0 spiro atoms. The van der Waals surface area contributed by atoms with Gasteiger partial charge in [-0.25, -0.2) is 0 Å². The highest BCUT2D eigenvalue weighted by Gasteiger charge is 2.20. The van der Waals surface area contributed by atoms with E-state index < -0.39 is 0 Å². The van der Waals surface area contributed by atoms with Crippen molar-refractivity contribution in [1.82, 2.24) is 5.16 Å². The summed E-state index contributed by atoms with van der Waals surface area (Å²) >= 11 is 0. The van der Waals surface area contributed by atoms with Gasteiger partial charge in [0.15, 0.2) is 0 Å². The maximum absolute atomic E-state index is 5.92. The van der Waals surface area contributed by atoms with Gasteiger partial charge in [-0.1, -0.05) is 41.6 Å². The van der Waals surface area contributed by atoms with Gasteiger partial charge in [-0.15, -0.1) is 0 Å². The van der Waals surface area contributed by atoms with Crippen molar-refractivity contribution in [1.29, 1.82) is 0 Å². The van der Waals surface area contributed by atoms with Gasteiger partial charge in [-0.2, -0.15) is 0 Å². The zero-order valence-corrected chi connectivity index (χ0v) is 15.8. The third kappa shape index (κ3) is 2.85. The molecule has 0 amide bonds. The minimum Gasteiger partial charge on any atom is -0.489 e. The monoisotopic (exact) mass is 371 g/mol. The number of hydrogen-bond acceptors (Lipinski definition) is 5. The smallest absolute Gasteiger partial charge is 0.140 e. The number of nitrogens with one attached hydrogen (secondary N) is 2. The minimum atomic E-state index is 0.0112. The van der Waals surface area contributed by atoms with Crippen LogP contribution in [0.1, 0.15) is 28.7 Å². The Morgan fingerprint density at radius 1 is 0.929 bits per heavy atom. The first-order chi connectivity index (χ1) is 13.7. The van der Waals surface area contributed by atoms with Crippen LogP contribution >= 0.6 is 0 Å². The van der Waals surface area contributed by atoms with Gasteiger partial charge in [0.2, 0.25) is 0 Å². The first-order valence-corrected chi connectivity index (χ1v) is 9.38. The lowest BCUT2D eigenvalue weighted by Gasteiger charge is -2.29. The van der Waals surface area contributed by atoms with Crippen LogP contribution in [0.25, 0.3) is 10.8 Å². The van der Waals surface area contributed by atoms with Gasteiger partial charge in [0.1, 0.15) is 24.3 Å². The molecule has 0 bridgehead atoms. The SMILES string of the molecule is Cc1noc(C)c1COc1ccc(C2Nc3cccc4cccc(c34)N2)cc1. The lowest BCUT2D eigenvalue weighted by Crippen LogP contribution is -2.23. The quantitative estimate of drug-likeness (QED) is 0.492. The van der Waals surface area contributed by atoms with Crippen molar-refractivity contribution in [2.24, 2.45) is 0 Å². The van der Waals surface area contributed by atoms with Crippen LogP contribution in [0.5, 0.6) is 5.75 Å². The molecule has 5 nitrogen and oxygen atoms in total. The number of aromatic nitrogens is 1. The minimum absolute atomic E-state index is 0.0112. The van der Waals surface area contributed by atoms with Gasteiger partial charge >= 0.3 is 0 Å². The highest BCUT2D eigenvalue weighted by Crippen LogP contribution is 2.38. The number of nitrogens with zero attached hydrogens (tertiary/aromatic N) is 1. The summed E-state index contributed by atoms with van der Waals surface area (Å²) in [5.74, 6) is 1.62. The molecule has 1 aliphatic rings. The van der Waals surface area contributed by atoms with Gasteiger partial charge in [0.05, 0.1) is 11.3 Å². The average Bonchev–Trinajstić information content (AvgIpc) is 3.05. The highest BCUT2D eigenvalue weighted by atomic mass is 16.5. The molecule has 0 atom stereocenters. The van der Waals surface area contributed by atoms with Gasteiger partial charge in [-0.05, 0) is 49.1 Å². The maximum Gasteiger partial charge on any atom is 0.140 e. The van der Waals surface area contributed by atoms with Crippen molar-refractivity contribution in [3.05, 3.63) is 83.2 Å². The predicted octanol–water partition coefficient (Wildman–Crippen LogP) is 5.56.